The van der Waals surface area contributed by atoms with E-state index in [1.165, 1.54) is 5.56 Å². The van der Waals surface area contributed by atoms with Crippen LogP contribution < -0.4 is 5.32 Å². The van der Waals surface area contributed by atoms with Gasteiger partial charge in [0.05, 0.1) is 31.7 Å². The number of benzene rings is 1. The molecule has 0 saturated carbocycles. The molecule has 1 aliphatic rings. The van der Waals surface area contributed by atoms with Gasteiger partial charge in [-0.05, 0) is 24.8 Å². The number of rotatable bonds is 6. The lowest BCUT2D eigenvalue weighted by Gasteiger charge is -2.39. The minimum atomic E-state index is 0. The number of nitrogens with one attached hydrogen (secondary N) is 1. The number of aliphatic imine (C=N–C) groups is 1. The Hall–Kier alpha value is -2.36. The average molecular weight is 533 g/mol. The van der Waals surface area contributed by atoms with Gasteiger partial charge in [0, 0.05) is 43.8 Å². The van der Waals surface area contributed by atoms with Gasteiger partial charge in [-0.25, -0.2) is 9.98 Å². The van der Waals surface area contributed by atoms with E-state index in [0.29, 0.717) is 18.5 Å². The summed E-state index contributed by atoms with van der Waals surface area (Å²) in [5, 5.41) is 7.98. The maximum atomic E-state index is 4.92. The molecular formula is C23H32IN7. The zero-order valence-electron chi connectivity index (χ0n) is 18.3. The molecule has 1 saturated heterocycles. The van der Waals surface area contributed by atoms with Gasteiger partial charge >= 0.3 is 0 Å². The number of hydrogen-bond donors (Lipinski definition) is 1. The lowest BCUT2D eigenvalue weighted by molar-refractivity contribution is 0.189. The number of guanidine groups is 1. The molecule has 4 rings (SSSR count). The van der Waals surface area contributed by atoms with E-state index >= 15 is 0 Å². The van der Waals surface area contributed by atoms with Gasteiger partial charge in [0.25, 0.3) is 0 Å². The second kappa shape index (κ2) is 11.3. The van der Waals surface area contributed by atoms with Crippen LogP contribution >= 0.6 is 24.0 Å². The highest BCUT2D eigenvalue weighted by Crippen LogP contribution is 2.27. The van der Waals surface area contributed by atoms with E-state index in [4.69, 9.17) is 4.99 Å². The summed E-state index contributed by atoms with van der Waals surface area (Å²) in [6.07, 6.45) is 11.0. The molecule has 1 N–H and O–H groups in total. The molecule has 0 amide bonds. The molecule has 1 aliphatic heterocycles. The summed E-state index contributed by atoms with van der Waals surface area (Å²) in [5.74, 6) is 1.60. The molecule has 7 nitrogen and oxygen atoms in total. The summed E-state index contributed by atoms with van der Waals surface area (Å²) < 4.78 is 4.21. The fraction of sp³-hybridized carbons (Fsp3) is 0.435. The predicted octanol–water partition coefficient (Wildman–Crippen LogP) is 3.79. The molecule has 1 fully saturated rings. The first-order valence-corrected chi connectivity index (χ1v) is 10.8. The van der Waals surface area contributed by atoms with E-state index in [-0.39, 0.29) is 24.0 Å². The molecule has 2 aromatic heterocycles. The third-order valence-electron chi connectivity index (χ3n) is 5.75. The van der Waals surface area contributed by atoms with Crippen LogP contribution in [0.15, 0.2) is 66.4 Å². The molecule has 0 spiro atoms. The average Bonchev–Trinajstić information content (AvgIpc) is 3.45. The molecule has 0 radical (unpaired) electrons. The first-order valence-electron chi connectivity index (χ1n) is 10.8. The Kier molecular flexibility index (Phi) is 8.51. The SMILES string of the molecule is CCNC(=NCc1cnn(Cc2ccccc2)c1)N1CCC(C)C(n2ccnc2)C1.I. The van der Waals surface area contributed by atoms with Gasteiger partial charge in [0.1, 0.15) is 0 Å². The van der Waals surface area contributed by atoms with Gasteiger partial charge in [-0.3, -0.25) is 4.68 Å². The summed E-state index contributed by atoms with van der Waals surface area (Å²) in [4.78, 5) is 11.5. The molecule has 2 unspecified atom stereocenters. The Morgan fingerprint density at radius 2 is 2.06 bits per heavy atom. The van der Waals surface area contributed by atoms with Crippen LogP contribution in [-0.2, 0) is 13.1 Å². The fourth-order valence-electron chi connectivity index (χ4n) is 4.03. The van der Waals surface area contributed by atoms with Crippen molar-refractivity contribution in [3.05, 3.63) is 72.6 Å². The normalized spacial score (nSPS) is 19.2. The van der Waals surface area contributed by atoms with Gasteiger partial charge in [0.15, 0.2) is 5.96 Å². The Labute approximate surface area is 201 Å². The lowest BCUT2D eigenvalue weighted by Crippen LogP contribution is -2.49. The third kappa shape index (κ3) is 6.09. The van der Waals surface area contributed by atoms with Gasteiger partial charge < -0.3 is 14.8 Å². The number of hydrogen-bond acceptors (Lipinski definition) is 3. The number of nitrogens with zero attached hydrogens (tertiary/aromatic N) is 6. The van der Waals surface area contributed by atoms with Crippen LogP contribution in [0.4, 0.5) is 0 Å². The van der Waals surface area contributed by atoms with E-state index in [9.17, 15) is 0 Å². The minimum absolute atomic E-state index is 0. The minimum Gasteiger partial charge on any atom is -0.357 e. The van der Waals surface area contributed by atoms with Crippen molar-refractivity contribution >= 4 is 29.9 Å². The molecule has 0 bridgehead atoms. The van der Waals surface area contributed by atoms with Crippen LogP contribution in [0.3, 0.4) is 0 Å². The topological polar surface area (TPSA) is 63.3 Å². The summed E-state index contributed by atoms with van der Waals surface area (Å²) in [7, 11) is 0. The van der Waals surface area contributed by atoms with Crippen LogP contribution in [0.2, 0.25) is 0 Å². The Bertz CT molecular complexity index is 936. The van der Waals surface area contributed by atoms with Crippen LogP contribution in [0.1, 0.15) is 37.4 Å². The van der Waals surface area contributed by atoms with Crippen LogP contribution in [0, 0.1) is 5.92 Å². The Balaban J connectivity index is 0.00000272. The molecule has 166 valence electrons. The van der Waals surface area contributed by atoms with Crippen molar-refractivity contribution < 1.29 is 0 Å². The number of likely N-dealkylation sites (tertiary alicyclic amines) is 1. The van der Waals surface area contributed by atoms with Gasteiger partial charge in [-0.2, -0.15) is 5.10 Å². The summed E-state index contributed by atoms with van der Waals surface area (Å²) in [6.45, 7) is 8.66. The van der Waals surface area contributed by atoms with Crippen molar-refractivity contribution in [2.75, 3.05) is 19.6 Å². The highest BCUT2D eigenvalue weighted by molar-refractivity contribution is 14.0. The molecule has 1 aromatic carbocycles. The second-order valence-corrected chi connectivity index (χ2v) is 7.99. The standard InChI is InChI=1S/C23H31N7.HI/c1-3-25-23(28-11-9-19(2)22(17-28)29-12-10-24-18-29)26-13-21-14-27-30(16-21)15-20-7-5-4-6-8-20;/h4-8,10,12,14,16,18-19,22H,3,9,11,13,15,17H2,1-2H3,(H,25,26);1H. The molecule has 0 aliphatic carbocycles. The summed E-state index contributed by atoms with van der Waals surface area (Å²) in [6, 6.07) is 10.8. The summed E-state index contributed by atoms with van der Waals surface area (Å²) >= 11 is 0. The molecule has 31 heavy (non-hydrogen) atoms. The highest BCUT2D eigenvalue weighted by Gasteiger charge is 2.28. The van der Waals surface area contributed by atoms with E-state index in [0.717, 1.165) is 44.1 Å². The Morgan fingerprint density at radius 1 is 1.23 bits per heavy atom. The lowest BCUT2D eigenvalue weighted by atomic mass is 9.93. The van der Waals surface area contributed by atoms with Gasteiger partial charge in [0.2, 0.25) is 0 Å². The number of imidazole rings is 1. The van der Waals surface area contributed by atoms with E-state index in [1.807, 2.05) is 29.5 Å². The van der Waals surface area contributed by atoms with Crippen molar-refractivity contribution in [3.8, 4) is 0 Å². The van der Waals surface area contributed by atoms with Crippen LogP contribution in [0.5, 0.6) is 0 Å². The smallest absolute Gasteiger partial charge is 0.194 e. The van der Waals surface area contributed by atoms with Crippen molar-refractivity contribution in [1.29, 1.82) is 0 Å². The molecule has 3 heterocycles. The zero-order chi connectivity index (χ0) is 20.8. The second-order valence-electron chi connectivity index (χ2n) is 7.99. The first-order chi connectivity index (χ1) is 14.7. The number of halogens is 1. The van der Waals surface area contributed by atoms with Crippen molar-refractivity contribution in [3.63, 3.8) is 0 Å². The monoisotopic (exact) mass is 533 g/mol. The first kappa shape index (κ1) is 23.3. The molecule has 3 aromatic rings. The summed E-state index contributed by atoms with van der Waals surface area (Å²) in [5.41, 5.74) is 2.37. The van der Waals surface area contributed by atoms with E-state index in [1.54, 1.807) is 0 Å². The number of aromatic nitrogens is 4. The molecular weight excluding hydrogens is 501 g/mol. The van der Waals surface area contributed by atoms with Crippen molar-refractivity contribution in [2.24, 2.45) is 10.9 Å². The van der Waals surface area contributed by atoms with Crippen molar-refractivity contribution in [2.45, 2.75) is 39.4 Å². The number of piperidine rings is 1. The van der Waals surface area contributed by atoms with Gasteiger partial charge in [-0.1, -0.05) is 37.3 Å². The maximum absolute atomic E-state index is 4.92. The largest absolute Gasteiger partial charge is 0.357 e. The molecule has 2 atom stereocenters. The van der Waals surface area contributed by atoms with E-state index in [2.05, 4.69) is 75.4 Å². The fourth-order valence-corrected chi connectivity index (χ4v) is 4.03. The van der Waals surface area contributed by atoms with Crippen LogP contribution in [0.25, 0.3) is 0 Å². The van der Waals surface area contributed by atoms with Gasteiger partial charge in [-0.15, -0.1) is 24.0 Å². The van der Waals surface area contributed by atoms with E-state index < -0.39 is 0 Å². The van der Waals surface area contributed by atoms with Crippen molar-refractivity contribution in [1.82, 2.24) is 29.5 Å². The quantitative estimate of drug-likeness (QED) is 0.298. The highest BCUT2D eigenvalue weighted by atomic mass is 127. The van der Waals surface area contributed by atoms with Crippen LogP contribution in [-0.4, -0.2) is 49.8 Å². The third-order valence-corrected chi connectivity index (χ3v) is 5.75. The Morgan fingerprint density at radius 3 is 2.81 bits per heavy atom. The maximum Gasteiger partial charge on any atom is 0.194 e. The molecule has 8 heteroatoms. The predicted molar refractivity (Wildman–Crippen MR) is 135 cm³/mol. The zero-order valence-corrected chi connectivity index (χ0v) is 20.6.